The van der Waals surface area contributed by atoms with E-state index in [1.54, 1.807) is 41.8 Å². The Morgan fingerprint density at radius 3 is 2.36 bits per heavy atom. The Kier molecular flexibility index (Phi) is 9.16. The second-order valence-electron chi connectivity index (χ2n) is 11.3. The summed E-state index contributed by atoms with van der Waals surface area (Å²) >= 11 is 0. The second-order valence-corrected chi connectivity index (χ2v) is 11.3. The first kappa shape index (κ1) is 29.6. The van der Waals surface area contributed by atoms with E-state index in [-0.39, 0.29) is 18.4 Å². The average Bonchev–Trinajstić information content (AvgIpc) is 3.10. The normalized spacial score (nSPS) is 13.3. The molecular formula is C38H35N5O2. The molecule has 0 spiro atoms. The van der Waals surface area contributed by atoms with Crippen LogP contribution in [-0.4, -0.2) is 49.2 Å². The van der Waals surface area contributed by atoms with Crippen molar-refractivity contribution in [1.29, 1.82) is 0 Å². The molecule has 2 amide bonds. The summed E-state index contributed by atoms with van der Waals surface area (Å²) in [4.78, 5) is 45.2. The molecule has 7 heteroatoms. The molecular weight excluding hydrogens is 558 g/mol. The number of pyridine rings is 1. The van der Waals surface area contributed by atoms with Crippen molar-refractivity contribution in [1.82, 2.24) is 24.8 Å². The number of hydrogen-bond acceptors (Lipinski definition) is 5. The molecule has 0 N–H and O–H groups in total. The van der Waals surface area contributed by atoms with Gasteiger partial charge in [0.25, 0.3) is 0 Å². The quantitative estimate of drug-likeness (QED) is 0.194. The van der Waals surface area contributed by atoms with Crippen LogP contribution in [0.4, 0.5) is 0 Å². The van der Waals surface area contributed by atoms with Crippen LogP contribution in [0, 0.1) is 6.92 Å². The van der Waals surface area contributed by atoms with Crippen molar-refractivity contribution in [2.45, 2.75) is 38.9 Å². The van der Waals surface area contributed by atoms with Gasteiger partial charge in [-0.05, 0) is 53.3 Å². The Morgan fingerprint density at radius 1 is 0.844 bits per heavy atom. The molecule has 1 atom stereocenters. The zero-order chi connectivity index (χ0) is 31.0. The zero-order valence-electron chi connectivity index (χ0n) is 25.3. The highest BCUT2D eigenvalue weighted by molar-refractivity contribution is 5.95. The summed E-state index contributed by atoms with van der Waals surface area (Å²) in [6.45, 7) is 3.33. The van der Waals surface area contributed by atoms with Crippen molar-refractivity contribution in [2.24, 2.45) is 0 Å². The summed E-state index contributed by atoms with van der Waals surface area (Å²) in [5.41, 5.74) is 7.76. The van der Waals surface area contributed by atoms with Crippen LogP contribution in [0.2, 0.25) is 0 Å². The first-order chi connectivity index (χ1) is 22.0. The molecule has 224 valence electrons. The van der Waals surface area contributed by atoms with Gasteiger partial charge in [-0.1, -0.05) is 84.9 Å². The Balaban J connectivity index is 1.34. The molecule has 6 rings (SSSR count). The van der Waals surface area contributed by atoms with E-state index in [2.05, 4.69) is 27.1 Å². The third-order valence-electron chi connectivity index (χ3n) is 8.18. The van der Waals surface area contributed by atoms with Crippen molar-refractivity contribution < 1.29 is 9.59 Å². The van der Waals surface area contributed by atoms with E-state index in [4.69, 9.17) is 0 Å². The molecule has 0 unspecified atom stereocenters. The van der Waals surface area contributed by atoms with Crippen LogP contribution < -0.4 is 0 Å². The maximum absolute atomic E-state index is 14.5. The Bertz CT molecular complexity index is 1770. The monoisotopic (exact) mass is 593 g/mol. The lowest BCUT2D eigenvalue weighted by Crippen LogP contribution is -2.52. The van der Waals surface area contributed by atoms with E-state index >= 15 is 0 Å². The van der Waals surface area contributed by atoms with E-state index in [9.17, 15) is 9.59 Å². The van der Waals surface area contributed by atoms with Crippen LogP contribution in [0.25, 0.3) is 17.3 Å². The first-order valence-electron chi connectivity index (χ1n) is 15.2. The Labute approximate surface area is 263 Å². The van der Waals surface area contributed by atoms with Crippen molar-refractivity contribution in [3.05, 3.63) is 155 Å². The molecule has 7 nitrogen and oxygen atoms in total. The Hall–Kier alpha value is -5.43. The minimum atomic E-state index is -0.703. The van der Waals surface area contributed by atoms with Gasteiger partial charge in [-0.25, -0.2) is 0 Å². The van der Waals surface area contributed by atoms with E-state index < -0.39 is 6.04 Å². The van der Waals surface area contributed by atoms with E-state index in [1.165, 1.54) is 5.56 Å². The lowest BCUT2D eigenvalue weighted by molar-refractivity contribution is -0.144. The number of hydrogen-bond donors (Lipinski definition) is 0. The molecule has 0 saturated heterocycles. The van der Waals surface area contributed by atoms with E-state index in [1.807, 2.05) is 90.7 Å². The molecule has 3 heterocycles. The fraction of sp³-hybridized carbons (Fsp3) is 0.184. The fourth-order valence-corrected chi connectivity index (χ4v) is 5.67. The third kappa shape index (κ3) is 7.39. The van der Waals surface area contributed by atoms with Gasteiger partial charge < -0.3 is 9.80 Å². The van der Waals surface area contributed by atoms with Crippen LogP contribution in [0.1, 0.15) is 33.5 Å². The van der Waals surface area contributed by atoms with Gasteiger partial charge >= 0.3 is 0 Å². The molecule has 5 aromatic rings. The molecule has 0 fully saturated rings. The van der Waals surface area contributed by atoms with E-state index in [0.717, 1.165) is 45.6 Å². The highest BCUT2D eigenvalue weighted by atomic mass is 16.2. The largest absolute Gasteiger partial charge is 0.336 e. The van der Waals surface area contributed by atoms with Gasteiger partial charge in [-0.15, -0.1) is 0 Å². The molecule has 0 radical (unpaired) electrons. The average molecular weight is 594 g/mol. The molecule has 45 heavy (non-hydrogen) atoms. The minimum Gasteiger partial charge on any atom is -0.336 e. The summed E-state index contributed by atoms with van der Waals surface area (Å²) < 4.78 is 0. The molecule has 0 saturated carbocycles. The summed E-state index contributed by atoms with van der Waals surface area (Å²) in [7, 11) is 0. The van der Waals surface area contributed by atoms with Crippen LogP contribution in [0.5, 0.6) is 0 Å². The number of amides is 2. The van der Waals surface area contributed by atoms with Crippen molar-refractivity contribution in [3.8, 4) is 11.3 Å². The van der Waals surface area contributed by atoms with Gasteiger partial charge in [0.1, 0.15) is 6.04 Å². The topological polar surface area (TPSA) is 79.3 Å². The van der Waals surface area contributed by atoms with Gasteiger partial charge in [-0.2, -0.15) is 0 Å². The third-order valence-corrected chi connectivity index (χ3v) is 8.18. The molecule has 0 bridgehead atoms. The highest BCUT2D eigenvalue weighted by Gasteiger charge is 2.34. The number of fused-ring (bicyclic) bond motifs is 1. The van der Waals surface area contributed by atoms with Gasteiger partial charge in [0.15, 0.2) is 0 Å². The SMILES string of the molecule is Cc1ccc(C=CC(=O)N(Cc2ccc(-c3cnccn3)cc2)[C@@H](Cc2ccccc2)C(=O)N2CCc3ccccc3C2)cn1. The molecule has 1 aliphatic heterocycles. The standard InChI is InChI=1S/C38H35N5O2/c1-28-11-12-30(24-41-28)15-18-37(44)43(26-31-13-16-33(17-14-31)35-25-39-20-21-40-35)36(23-29-7-3-2-4-8-29)38(45)42-22-19-32-9-5-6-10-34(32)27-42/h2-18,20-21,24-25,36H,19,22-23,26-27H2,1H3/t36-/m0/s1. The summed E-state index contributed by atoms with van der Waals surface area (Å²) in [5.74, 6) is -0.288. The van der Waals surface area contributed by atoms with Crippen molar-refractivity contribution in [3.63, 3.8) is 0 Å². The number of aromatic nitrogens is 3. The van der Waals surface area contributed by atoms with Gasteiger partial charge in [0.05, 0.1) is 11.9 Å². The molecule has 1 aliphatic rings. The lowest BCUT2D eigenvalue weighted by atomic mass is 9.97. The number of carbonyl (C=O) groups is 2. The molecule has 0 aliphatic carbocycles. The predicted octanol–water partition coefficient (Wildman–Crippen LogP) is 6.09. The van der Waals surface area contributed by atoms with Crippen LogP contribution in [0.3, 0.4) is 0 Å². The van der Waals surface area contributed by atoms with E-state index in [0.29, 0.717) is 19.5 Å². The summed E-state index contributed by atoms with van der Waals surface area (Å²) in [5, 5.41) is 0. The number of rotatable bonds is 9. The summed E-state index contributed by atoms with van der Waals surface area (Å²) in [6.07, 6.45) is 11.3. The van der Waals surface area contributed by atoms with Crippen molar-refractivity contribution in [2.75, 3.05) is 6.54 Å². The van der Waals surface area contributed by atoms with Gasteiger partial charge in [0.2, 0.25) is 11.8 Å². The van der Waals surface area contributed by atoms with Crippen LogP contribution in [0.15, 0.2) is 122 Å². The maximum atomic E-state index is 14.5. The minimum absolute atomic E-state index is 0.0525. The fourth-order valence-electron chi connectivity index (χ4n) is 5.67. The number of carbonyl (C=O) groups excluding carboxylic acids is 2. The van der Waals surface area contributed by atoms with Gasteiger partial charge in [-0.3, -0.25) is 24.5 Å². The zero-order valence-corrected chi connectivity index (χ0v) is 25.3. The smallest absolute Gasteiger partial charge is 0.247 e. The second kappa shape index (κ2) is 13.9. The molecule has 2 aromatic heterocycles. The predicted molar refractivity (Wildman–Crippen MR) is 176 cm³/mol. The first-order valence-corrected chi connectivity index (χ1v) is 15.2. The lowest BCUT2D eigenvalue weighted by Gasteiger charge is -2.37. The number of aryl methyl sites for hydroxylation is 1. The Morgan fingerprint density at radius 2 is 1.62 bits per heavy atom. The van der Waals surface area contributed by atoms with Gasteiger partial charge in [0, 0.05) is 62.0 Å². The maximum Gasteiger partial charge on any atom is 0.247 e. The molecule has 3 aromatic carbocycles. The highest BCUT2D eigenvalue weighted by Crippen LogP contribution is 2.24. The van der Waals surface area contributed by atoms with Crippen molar-refractivity contribution >= 4 is 17.9 Å². The van der Waals surface area contributed by atoms with Crippen LogP contribution in [-0.2, 0) is 35.5 Å². The summed E-state index contributed by atoms with van der Waals surface area (Å²) in [6, 6.07) is 29.3. The van der Waals surface area contributed by atoms with Crippen LogP contribution >= 0.6 is 0 Å². The number of nitrogens with zero attached hydrogens (tertiary/aromatic N) is 5. The number of benzene rings is 3.